The third-order valence-corrected chi connectivity index (χ3v) is 6.26. The average Bonchev–Trinajstić information content (AvgIpc) is 2.42. The molecule has 0 saturated heterocycles. The molecule has 0 aliphatic carbocycles. The highest BCUT2D eigenvalue weighted by atomic mass is 31.1. The normalized spacial score (nSPS) is 10.2. The molecule has 122 valence electrons. The molecule has 0 atom stereocenters. The quantitative estimate of drug-likeness (QED) is 0.348. The van der Waals surface area contributed by atoms with Crippen LogP contribution in [0.25, 0.3) is 0 Å². The minimum atomic E-state index is -0.675. The number of hydrogen-bond acceptors (Lipinski definition) is 1. The van der Waals surface area contributed by atoms with E-state index in [1.54, 1.807) is 0 Å². The van der Waals surface area contributed by atoms with Crippen LogP contribution in [-0.2, 0) is 4.79 Å². The fraction of sp³-hybridized carbons (Fsp3) is 0.941. The van der Waals surface area contributed by atoms with E-state index >= 15 is 0 Å². The summed E-state index contributed by atoms with van der Waals surface area (Å²) in [4.78, 5) is 9.96. The average molecular weight is 304 g/mol. The van der Waals surface area contributed by atoms with Crippen molar-refractivity contribution in [3.8, 4) is 0 Å². The summed E-state index contributed by atoms with van der Waals surface area (Å²) in [6, 6.07) is 0. The molecule has 3 heteroatoms. The molecule has 0 rings (SSSR count). The molecule has 0 aromatic heterocycles. The van der Waals surface area contributed by atoms with Crippen LogP contribution in [0.4, 0.5) is 0 Å². The highest BCUT2D eigenvalue weighted by Crippen LogP contribution is 2.37. The van der Waals surface area contributed by atoms with E-state index in [-0.39, 0.29) is 0 Å². The molecule has 0 aromatic carbocycles. The summed E-state index contributed by atoms with van der Waals surface area (Å²) in [5, 5.41) is 8.21. The van der Waals surface area contributed by atoms with Crippen molar-refractivity contribution in [2.75, 3.05) is 18.5 Å². The smallest absolute Gasteiger partial charge is 0.303 e. The van der Waals surface area contributed by atoms with Crippen molar-refractivity contribution in [3.05, 3.63) is 0 Å². The molecule has 0 radical (unpaired) electrons. The fourth-order valence-electron chi connectivity index (χ4n) is 2.05. The molecule has 0 unspecified atom stereocenters. The topological polar surface area (TPSA) is 37.3 Å². The van der Waals surface area contributed by atoms with Gasteiger partial charge in [-0.25, -0.2) is 0 Å². The zero-order valence-corrected chi connectivity index (χ0v) is 15.2. The van der Waals surface area contributed by atoms with E-state index in [4.69, 9.17) is 5.11 Å². The van der Waals surface area contributed by atoms with E-state index in [1.807, 2.05) is 0 Å². The van der Waals surface area contributed by atoms with Crippen molar-refractivity contribution in [2.45, 2.75) is 85.5 Å². The second kappa shape index (κ2) is 18.9. The van der Waals surface area contributed by atoms with Gasteiger partial charge < -0.3 is 5.11 Å². The molecule has 0 aliphatic heterocycles. The summed E-state index contributed by atoms with van der Waals surface area (Å²) in [5.74, 6) is -0.675. The molecule has 20 heavy (non-hydrogen) atoms. The van der Waals surface area contributed by atoms with E-state index in [9.17, 15) is 4.79 Å². The molecule has 1 N–H and O–H groups in total. The standard InChI is InChI=1S/C10H23P.C7H14O2/c1-4-7-10-11(8-5-2)9-6-3;1-2-3-4-5-6-7(8)9/h4-10H2,1-3H3;2-6H2,1H3,(H,8,9). The fourth-order valence-corrected chi connectivity index (χ4v) is 4.75. The molecule has 0 amide bonds. The van der Waals surface area contributed by atoms with Crippen molar-refractivity contribution in [1.82, 2.24) is 0 Å². The minimum absolute atomic E-state index is 0.333. The number of carboxylic acid groups (broad SMARTS) is 1. The monoisotopic (exact) mass is 304 g/mol. The number of hydrogen-bond donors (Lipinski definition) is 1. The van der Waals surface area contributed by atoms with Crippen molar-refractivity contribution >= 4 is 13.9 Å². The van der Waals surface area contributed by atoms with Crippen LogP contribution < -0.4 is 0 Å². The number of carbonyl (C=O) groups is 1. The highest BCUT2D eigenvalue weighted by Gasteiger charge is 2.03. The van der Waals surface area contributed by atoms with Crippen LogP contribution in [0.5, 0.6) is 0 Å². The van der Waals surface area contributed by atoms with Gasteiger partial charge in [-0.15, -0.1) is 7.92 Å². The van der Waals surface area contributed by atoms with E-state index in [0.717, 1.165) is 19.3 Å². The first-order chi connectivity index (χ1) is 9.62. The molecule has 0 bridgehead atoms. The van der Waals surface area contributed by atoms with Gasteiger partial charge in [0.1, 0.15) is 0 Å². The van der Waals surface area contributed by atoms with E-state index in [0.29, 0.717) is 14.3 Å². The van der Waals surface area contributed by atoms with Gasteiger partial charge in [0.15, 0.2) is 0 Å². The van der Waals surface area contributed by atoms with Crippen molar-refractivity contribution in [3.63, 3.8) is 0 Å². The highest BCUT2D eigenvalue weighted by molar-refractivity contribution is 7.57. The van der Waals surface area contributed by atoms with E-state index in [2.05, 4.69) is 27.7 Å². The van der Waals surface area contributed by atoms with Gasteiger partial charge in [0, 0.05) is 6.42 Å². The van der Waals surface area contributed by atoms with Gasteiger partial charge in [0.05, 0.1) is 0 Å². The Morgan fingerprint density at radius 2 is 1.30 bits per heavy atom. The largest absolute Gasteiger partial charge is 0.481 e. The number of aliphatic carboxylic acids is 1. The Kier molecular flexibility index (Phi) is 21.0. The van der Waals surface area contributed by atoms with Gasteiger partial charge in [0.2, 0.25) is 0 Å². The van der Waals surface area contributed by atoms with Crippen LogP contribution in [0.1, 0.15) is 85.5 Å². The Labute approximate surface area is 128 Å². The van der Waals surface area contributed by atoms with Crippen LogP contribution >= 0.6 is 7.92 Å². The molecular formula is C17H37O2P. The van der Waals surface area contributed by atoms with Crippen molar-refractivity contribution in [1.29, 1.82) is 0 Å². The molecule has 0 aromatic rings. The lowest BCUT2D eigenvalue weighted by Crippen LogP contribution is -1.93. The van der Waals surface area contributed by atoms with Crippen LogP contribution in [0.3, 0.4) is 0 Å². The summed E-state index contributed by atoms with van der Waals surface area (Å²) in [5.41, 5.74) is 0. The lowest BCUT2D eigenvalue weighted by atomic mass is 10.2. The zero-order chi connectivity index (χ0) is 15.6. The van der Waals surface area contributed by atoms with Gasteiger partial charge in [-0.2, -0.15) is 0 Å². The van der Waals surface area contributed by atoms with Crippen LogP contribution in [0.2, 0.25) is 0 Å². The Balaban J connectivity index is 0. The van der Waals surface area contributed by atoms with Gasteiger partial charge in [-0.05, 0) is 31.3 Å². The molecule has 0 aliphatic rings. The zero-order valence-electron chi connectivity index (χ0n) is 14.3. The van der Waals surface area contributed by atoms with Crippen LogP contribution in [0, 0.1) is 0 Å². The number of unbranched alkanes of at least 4 members (excludes halogenated alkanes) is 4. The van der Waals surface area contributed by atoms with Crippen LogP contribution in [-0.4, -0.2) is 29.6 Å². The third kappa shape index (κ3) is 20.2. The van der Waals surface area contributed by atoms with Crippen LogP contribution in [0.15, 0.2) is 0 Å². The predicted molar refractivity (Wildman–Crippen MR) is 93.4 cm³/mol. The van der Waals surface area contributed by atoms with E-state index in [1.165, 1.54) is 50.6 Å². The first kappa shape index (κ1) is 22.2. The Hall–Kier alpha value is -0.100. The molecular weight excluding hydrogens is 267 g/mol. The maximum atomic E-state index is 9.96. The third-order valence-electron chi connectivity index (χ3n) is 3.15. The van der Waals surface area contributed by atoms with Gasteiger partial charge in [-0.3, -0.25) is 4.79 Å². The lowest BCUT2D eigenvalue weighted by molar-refractivity contribution is -0.137. The van der Waals surface area contributed by atoms with Gasteiger partial charge >= 0.3 is 5.97 Å². The number of carboxylic acids is 1. The second-order valence-electron chi connectivity index (χ2n) is 5.40. The Bertz CT molecular complexity index is 189. The Morgan fingerprint density at radius 1 is 0.750 bits per heavy atom. The van der Waals surface area contributed by atoms with Crippen molar-refractivity contribution < 1.29 is 9.90 Å². The van der Waals surface area contributed by atoms with Crippen molar-refractivity contribution in [2.24, 2.45) is 0 Å². The summed E-state index contributed by atoms with van der Waals surface area (Å²) in [6.07, 6.45) is 14.8. The molecule has 0 fully saturated rings. The molecule has 0 saturated carbocycles. The van der Waals surface area contributed by atoms with Gasteiger partial charge in [0.25, 0.3) is 0 Å². The SMILES string of the molecule is CCCCCCC(=O)O.CCCCP(CCC)CCC. The first-order valence-electron chi connectivity index (χ1n) is 8.56. The first-order valence-corrected chi connectivity index (χ1v) is 10.5. The summed E-state index contributed by atoms with van der Waals surface area (Å²) >= 11 is 0. The molecule has 0 heterocycles. The summed E-state index contributed by atoms with van der Waals surface area (Å²) in [6.45, 7) is 9.04. The second-order valence-corrected chi connectivity index (χ2v) is 8.08. The summed E-state index contributed by atoms with van der Waals surface area (Å²) in [7, 11) is 0.433. The maximum absolute atomic E-state index is 9.96. The maximum Gasteiger partial charge on any atom is 0.303 e. The predicted octanol–water partition coefficient (Wildman–Crippen LogP) is 6.13. The van der Waals surface area contributed by atoms with Gasteiger partial charge in [-0.1, -0.05) is 66.2 Å². The molecule has 2 nitrogen and oxygen atoms in total. The Morgan fingerprint density at radius 3 is 1.70 bits per heavy atom. The summed E-state index contributed by atoms with van der Waals surface area (Å²) < 4.78 is 0. The van der Waals surface area contributed by atoms with E-state index < -0.39 is 5.97 Å². The molecule has 0 spiro atoms. The minimum Gasteiger partial charge on any atom is -0.481 e. The number of rotatable bonds is 12. The lowest BCUT2D eigenvalue weighted by Gasteiger charge is -2.14.